The standard InChI is InChI=1S/C15H12ClF3N2O2/c16-14-10(15(17,18)19)3-4-13(21-14)23-8-1-2-9-11(20)5-6-22-12(9)7-8/h1-4,7,11H,5-6,20H2. The smallest absolute Gasteiger partial charge is 0.419 e. The van der Waals surface area contributed by atoms with Crippen molar-refractivity contribution in [1.82, 2.24) is 4.98 Å². The van der Waals surface area contributed by atoms with E-state index in [2.05, 4.69) is 4.98 Å². The van der Waals surface area contributed by atoms with Crippen LogP contribution in [0.4, 0.5) is 13.2 Å². The molecular weight excluding hydrogens is 333 g/mol. The molecule has 0 bridgehead atoms. The maximum Gasteiger partial charge on any atom is 0.419 e. The molecule has 0 amide bonds. The second-order valence-corrected chi connectivity index (χ2v) is 5.39. The highest BCUT2D eigenvalue weighted by molar-refractivity contribution is 6.30. The Balaban J connectivity index is 1.84. The zero-order valence-corrected chi connectivity index (χ0v) is 12.5. The Kier molecular flexibility index (Phi) is 4.08. The zero-order valence-electron chi connectivity index (χ0n) is 11.7. The summed E-state index contributed by atoms with van der Waals surface area (Å²) in [6.07, 6.45) is -3.83. The molecule has 0 spiro atoms. The van der Waals surface area contributed by atoms with Crippen LogP contribution in [-0.4, -0.2) is 11.6 Å². The Morgan fingerprint density at radius 2 is 2.04 bits per heavy atom. The highest BCUT2D eigenvalue weighted by Gasteiger charge is 2.34. The van der Waals surface area contributed by atoms with Gasteiger partial charge in [-0.05, 0) is 12.1 Å². The van der Waals surface area contributed by atoms with Crippen LogP contribution in [-0.2, 0) is 6.18 Å². The molecular formula is C15H12ClF3N2O2. The Labute approximate surface area is 135 Å². The summed E-state index contributed by atoms with van der Waals surface area (Å²) in [5, 5.41) is -0.661. The minimum Gasteiger partial charge on any atom is -0.493 e. The predicted octanol–water partition coefficient (Wildman–Crippen LogP) is 4.33. The van der Waals surface area contributed by atoms with Gasteiger partial charge < -0.3 is 15.2 Å². The van der Waals surface area contributed by atoms with E-state index in [1.54, 1.807) is 18.2 Å². The first-order chi connectivity index (χ1) is 10.8. The van der Waals surface area contributed by atoms with Gasteiger partial charge in [0.15, 0.2) is 0 Å². The van der Waals surface area contributed by atoms with Crippen LogP contribution in [0.15, 0.2) is 30.3 Å². The molecule has 2 aromatic rings. The summed E-state index contributed by atoms with van der Waals surface area (Å²) in [5.74, 6) is 0.934. The van der Waals surface area contributed by atoms with Gasteiger partial charge >= 0.3 is 6.18 Å². The van der Waals surface area contributed by atoms with Gasteiger partial charge in [0.25, 0.3) is 0 Å². The Morgan fingerprint density at radius 1 is 1.26 bits per heavy atom. The molecule has 122 valence electrons. The molecule has 1 aliphatic heterocycles. The molecule has 0 saturated heterocycles. The van der Waals surface area contributed by atoms with Crippen molar-refractivity contribution in [3.8, 4) is 17.4 Å². The summed E-state index contributed by atoms with van der Waals surface area (Å²) in [6, 6.07) is 6.88. The van der Waals surface area contributed by atoms with E-state index in [4.69, 9.17) is 26.8 Å². The first-order valence-electron chi connectivity index (χ1n) is 6.78. The number of rotatable bonds is 2. The second-order valence-electron chi connectivity index (χ2n) is 5.03. The summed E-state index contributed by atoms with van der Waals surface area (Å²) in [7, 11) is 0. The quantitative estimate of drug-likeness (QED) is 0.824. The van der Waals surface area contributed by atoms with E-state index < -0.39 is 16.9 Å². The maximum atomic E-state index is 12.6. The molecule has 0 aliphatic carbocycles. The average molecular weight is 345 g/mol. The summed E-state index contributed by atoms with van der Waals surface area (Å²) in [5.41, 5.74) is 5.82. The molecule has 1 aliphatic rings. The van der Waals surface area contributed by atoms with Crippen molar-refractivity contribution in [3.63, 3.8) is 0 Å². The number of pyridine rings is 1. The summed E-state index contributed by atoms with van der Waals surface area (Å²) >= 11 is 5.56. The lowest BCUT2D eigenvalue weighted by Crippen LogP contribution is -2.20. The van der Waals surface area contributed by atoms with Gasteiger partial charge in [-0.3, -0.25) is 0 Å². The summed E-state index contributed by atoms with van der Waals surface area (Å²) < 4.78 is 48.9. The van der Waals surface area contributed by atoms with Crippen molar-refractivity contribution in [3.05, 3.63) is 46.6 Å². The van der Waals surface area contributed by atoms with E-state index in [0.29, 0.717) is 18.1 Å². The van der Waals surface area contributed by atoms with Gasteiger partial charge in [-0.2, -0.15) is 13.2 Å². The van der Waals surface area contributed by atoms with Crippen LogP contribution in [0.5, 0.6) is 17.4 Å². The number of fused-ring (bicyclic) bond motifs is 1. The molecule has 0 saturated carbocycles. The zero-order chi connectivity index (χ0) is 16.6. The topological polar surface area (TPSA) is 57.4 Å². The Morgan fingerprint density at radius 3 is 2.74 bits per heavy atom. The van der Waals surface area contributed by atoms with Crippen molar-refractivity contribution >= 4 is 11.6 Å². The van der Waals surface area contributed by atoms with Crippen molar-refractivity contribution in [2.24, 2.45) is 5.73 Å². The van der Waals surface area contributed by atoms with E-state index in [-0.39, 0.29) is 11.9 Å². The number of alkyl halides is 3. The normalized spacial score (nSPS) is 17.3. The molecule has 2 heterocycles. The van der Waals surface area contributed by atoms with Gasteiger partial charge in [-0.15, -0.1) is 0 Å². The minimum absolute atomic E-state index is 0.0388. The number of aromatic nitrogens is 1. The van der Waals surface area contributed by atoms with Crippen LogP contribution in [0.1, 0.15) is 23.6 Å². The largest absolute Gasteiger partial charge is 0.493 e. The van der Waals surface area contributed by atoms with Crippen LogP contribution in [0.3, 0.4) is 0 Å². The van der Waals surface area contributed by atoms with Crippen molar-refractivity contribution in [2.45, 2.75) is 18.6 Å². The van der Waals surface area contributed by atoms with Crippen molar-refractivity contribution in [2.75, 3.05) is 6.61 Å². The highest BCUT2D eigenvalue weighted by atomic mass is 35.5. The third-order valence-corrected chi connectivity index (χ3v) is 3.71. The highest BCUT2D eigenvalue weighted by Crippen LogP contribution is 2.37. The third-order valence-electron chi connectivity index (χ3n) is 3.42. The molecule has 0 radical (unpaired) electrons. The first-order valence-corrected chi connectivity index (χ1v) is 7.16. The fraction of sp³-hybridized carbons (Fsp3) is 0.267. The van der Waals surface area contributed by atoms with E-state index in [1.807, 2.05) is 0 Å². The average Bonchev–Trinajstić information content (AvgIpc) is 2.46. The SMILES string of the molecule is NC1CCOc2cc(Oc3ccc(C(F)(F)F)c(Cl)n3)ccc21. The molecule has 8 heteroatoms. The second kappa shape index (κ2) is 5.90. The molecule has 4 nitrogen and oxygen atoms in total. The number of benzene rings is 1. The molecule has 2 N–H and O–H groups in total. The number of hydrogen-bond donors (Lipinski definition) is 1. The van der Waals surface area contributed by atoms with Gasteiger partial charge in [-0.25, -0.2) is 4.98 Å². The lowest BCUT2D eigenvalue weighted by Gasteiger charge is -2.23. The maximum absolute atomic E-state index is 12.6. The van der Waals surface area contributed by atoms with Gasteiger partial charge in [-0.1, -0.05) is 17.7 Å². The lowest BCUT2D eigenvalue weighted by molar-refractivity contribution is -0.137. The van der Waals surface area contributed by atoms with E-state index in [1.165, 1.54) is 0 Å². The molecule has 1 aromatic heterocycles. The monoisotopic (exact) mass is 344 g/mol. The number of halogens is 4. The molecule has 1 unspecified atom stereocenters. The summed E-state index contributed by atoms with van der Waals surface area (Å²) in [6.45, 7) is 0.502. The molecule has 0 fully saturated rings. The first kappa shape index (κ1) is 15.9. The fourth-order valence-corrected chi connectivity index (χ4v) is 2.52. The van der Waals surface area contributed by atoms with Crippen LogP contribution in [0.25, 0.3) is 0 Å². The van der Waals surface area contributed by atoms with Crippen molar-refractivity contribution in [1.29, 1.82) is 0 Å². The Hall–Kier alpha value is -1.99. The van der Waals surface area contributed by atoms with Gasteiger partial charge in [0, 0.05) is 30.2 Å². The molecule has 3 rings (SSSR count). The van der Waals surface area contributed by atoms with E-state index >= 15 is 0 Å². The van der Waals surface area contributed by atoms with E-state index in [9.17, 15) is 13.2 Å². The number of ether oxygens (including phenoxy) is 2. The summed E-state index contributed by atoms with van der Waals surface area (Å²) in [4.78, 5) is 3.62. The van der Waals surface area contributed by atoms with E-state index in [0.717, 1.165) is 24.1 Å². The number of nitrogens with zero attached hydrogens (tertiary/aromatic N) is 1. The van der Waals surface area contributed by atoms with Crippen LogP contribution < -0.4 is 15.2 Å². The Bertz CT molecular complexity index is 737. The molecule has 23 heavy (non-hydrogen) atoms. The minimum atomic E-state index is -4.56. The van der Waals surface area contributed by atoms with Gasteiger partial charge in [0.2, 0.25) is 5.88 Å². The fourth-order valence-electron chi connectivity index (χ4n) is 2.27. The van der Waals surface area contributed by atoms with Crippen molar-refractivity contribution < 1.29 is 22.6 Å². The number of nitrogens with two attached hydrogens (primary N) is 1. The van der Waals surface area contributed by atoms with Crippen LogP contribution >= 0.6 is 11.6 Å². The van der Waals surface area contributed by atoms with Crippen LogP contribution in [0, 0.1) is 0 Å². The number of hydrogen-bond acceptors (Lipinski definition) is 4. The molecule has 1 atom stereocenters. The molecule has 1 aromatic carbocycles. The third kappa shape index (κ3) is 3.35. The van der Waals surface area contributed by atoms with Gasteiger partial charge in [0.1, 0.15) is 16.7 Å². The lowest BCUT2D eigenvalue weighted by atomic mass is 10.0. The predicted molar refractivity (Wildman–Crippen MR) is 77.8 cm³/mol. The van der Waals surface area contributed by atoms with Gasteiger partial charge in [0.05, 0.1) is 12.2 Å². The van der Waals surface area contributed by atoms with Crippen LogP contribution in [0.2, 0.25) is 5.15 Å².